The first-order chi connectivity index (χ1) is 27.4. The molecule has 0 amide bonds. The van der Waals surface area contributed by atoms with Gasteiger partial charge in [0.15, 0.2) is 20.2 Å². The molecule has 302 valence electrons. The van der Waals surface area contributed by atoms with Gasteiger partial charge in [-0.05, 0) is 0 Å². The molecule has 0 aliphatic carbocycles. The van der Waals surface area contributed by atoms with Gasteiger partial charge >= 0.3 is 269 Å². The van der Waals surface area contributed by atoms with Crippen LogP contribution in [0.15, 0.2) is 182 Å². The van der Waals surface area contributed by atoms with E-state index in [2.05, 4.69) is 182 Å². The van der Waals surface area contributed by atoms with Crippen LogP contribution in [-0.4, -0.2) is 63.1 Å². The Balaban J connectivity index is 0.000000301. The van der Waals surface area contributed by atoms with Crippen molar-refractivity contribution in [1.82, 2.24) is 0 Å². The molecule has 6 nitrogen and oxygen atoms in total. The van der Waals surface area contributed by atoms with Crippen LogP contribution in [0, 0.1) is 0 Å². The number of hydrogen-bond donors (Lipinski definition) is 0. The third-order valence-corrected chi connectivity index (χ3v) is 123. The van der Waals surface area contributed by atoms with E-state index in [-0.39, 0.29) is 23.6 Å². The summed E-state index contributed by atoms with van der Waals surface area (Å²) in [4.78, 5) is 0. The van der Waals surface area contributed by atoms with Crippen LogP contribution in [0.1, 0.15) is 0 Å². The van der Waals surface area contributed by atoms with Gasteiger partial charge in [0.05, 0.1) is 0 Å². The van der Waals surface area contributed by atoms with E-state index in [4.69, 9.17) is 25.9 Å². The number of hydrogen-bond acceptors (Lipinski definition) is 6. The van der Waals surface area contributed by atoms with E-state index in [1.165, 1.54) is 0 Å². The number of alkyl halides is 6. The molecule has 8 rings (SSSR count). The Bertz CT molecular complexity index is 2350. The van der Waals surface area contributed by atoms with Crippen molar-refractivity contribution in [1.29, 1.82) is 0 Å². The van der Waals surface area contributed by atoms with Crippen molar-refractivity contribution in [2.24, 2.45) is 0 Å². The second kappa shape index (κ2) is 17.6. The van der Waals surface area contributed by atoms with E-state index in [1.54, 1.807) is 26.1 Å². The normalized spacial score (nSPS) is 14.0. The summed E-state index contributed by atoms with van der Waals surface area (Å²) in [5, 5.41) is 0. The summed E-state index contributed by atoms with van der Waals surface area (Å²) in [6, 6.07) is 70.6. The van der Waals surface area contributed by atoms with E-state index >= 15 is 0 Å². The van der Waals surface area contributed by atoms with Gasteiger partial charge in [0.2, 0.25) is 0 Å². The zero-order valence-electron chi connectivity index (χ0n) is 29.5. The number of fused-ring (bicyclic) bond motifs is 1. The molecule has 0 aliphatic heterocycles. The predicted octanol–water partition coefficient (Wildman–Crippen LogP) is 7.95. The van der Waals surface area contributed by atoms with Gasteiger partial charge in [-0.2, -0.15) is 26.3 Å². The van der Waals surface area contributed by atoms with E-state index < -0.39 is 57.4 Å². The summed E-state index contributed by atoms with van der Waals surface area (Å²) in [6.07, 6.45) is 0.198. The molecule has 6 aromatic carbocycles. The van der Waals surface area contributed by atoms with Crippen molar-refractivity contribution in [2.75, 3.05) is 0 Å². The molecule has 0 fully saturated rings. The summed E-state index contributed by atoms with van der Waals surface area (Å²) in [5.41, 5.74) is -11.3. The average molecular weight is 1030 g/mol. The number of rotatable bonds is 8. The topological polar surface area (TPSA) is 114 Å². The molecule has 0 atom stereocenters. The quantitative estimate of drug-likeness (QED) is 0.0661. The molecular weight excluding hydrogens is 1000 g/mol. The van der Waals surface area contributed by atoms with Crippen molar-refractivity contribution in [3.63, 3.8) is 0 Å². The fourth-order valence-corrected chi connectivity index (χ4v) is 239. The molecule has 0 saturated carbocycles. The summed E-state index contributed by atoms with van der Waals surface area (Å²) in [6.45, 7) is 0. The zero-order valence-corrected chi connectivity index (χ0v) is 38.5. The Kier molecular flexibility index (Phi) is 13.5. The first-order valence-electron chi connectivity index (χ1n) is 16.7. The van der Waals surface area contributed by atoms with Gasteiger partial charge < -0.3 is 9.11 Å². The Morgan fingerprint density at radius 1 is 0.345 bits per heavy atom. The van der Waals surface area contributed by atoms with Crippen molar-refractivity contribution in [2.45, 2.75) is 11.0 Å². The molecule has 0 radical (unpaired) electrons. The minimum absolute atomic E-state index is 0.00759. The third kappa shape index (κ3) is 8.90. The van der Waals surface area contributed by atoms with Crippen LogP contribution in [0.3, 0.4) is 0 Å². The number of halogens is 6. The van der Waals surface area contributed by atoms with Gasteiger partial charge in [-0.3, -0.25) is 0 Å². The fourth-order valence-electron chi connectivity index (χ4n) is 6.18. The average Bonchev–Trinajstić information content (AvgIpc) is 4.13. The maximum absolute atomic E-state index is 10.7. The zero-order chi connectivity index (χ0) is 42.0. The van der Waals surface area contributed by atoms with E-state index in [0.717, 1.165) is 0 Å². The van der Waals surface area contributed by atoms with Crippen molar-refractivity contribution >= 4 is 96.2 Å². The summed E-state index contributed by atoms with van der Waals surface area (Å²) >= 11 is -5.33. The van der Waals surface area contributed by atoms with E-state index in [1.807, 2.05) is 0 Å². The Hall–Kier alpha value is -2.96. The van der Waals surface area contributed by atoms with Gasteiger partial charge in [-0.1, -0.05) is 0 Å². The first kappa shape index (κ1) is 44.6. The Morgan fingerprint density at radius 2 is 0.483 bits per heavy atom. The van der Waals surface area contributed by atoms with Gasteiger partial charge in [-0.15, -0.1) is 0 Å². The minimum atomic E-state index is -6.09. The van der Waals surface area contributed by atoms with Crippen LogP contribution >= 0.6 is 23.6 Å². The predicted molar refractivity (Wildman–Crippen MR) is 227 cm³/mol. The third-order valence-electron chi connectivity index (χ3n) is 8.62. The van der Waals surface area contributed by atoms with Gasteiger partial charge in [0.25, 0.3) is 0 Å². The van der Waals surface area contributed by atoms with Crippen molar-refractivity contribution in [3.8, 4) is 0 Å². The van der Waals surface area contributed by atoms with Crippen LogP contribution in [-0.2, 0) is 20.2 Å². The molecule has 0 bridgehead atoms. The fraction of sp³-hybridized carbons (Fsp3) is 0.0526. The van der Waals surface area contributed by atoms with Gasteiger partial charge in [-0.25, -0.2) is 16.8 Å². The Labute approximate surface area is 339 Å². The summed E-state index contributed by atoms with van der Waals surface area (Å²) in [5.74, 6) is 0. The van der Waals surface area contributed by atoms with Crippen LogP contribution in [0.2, 0.25) is 0 Å². The van der Waals surface area contributed by atoms with Crippen LogP contribution in [0.5, 0.6) is 0 Å². The molecule has 20 heteroatoms. The standard InChI is InChI=1S/C36H30As2P4.2CHF3O3S/c1-7-19-31(20-8-1)37(32-21-9-2-10-22-32,33-23-11-3-12-24-33)39-41-40(42(39)41)38(34-25-13-4-14-26-34,35-27-15-5-16-28-35)36-29-17-6-18-30-36;2*2-1(3,4)8(5,6)7/h1-30H;2*(H,5,6,7)/q+2;;/p-2. The van der Waals surface area contributed by atoms with Gasteiger partial charge in [0.1, 0.15) is 0 Å². The molecule has 58 heavy (non-hydrogen) atoms. The second-order valence-corrected chi connectivity index (χ2v) is 67.9. The van der Waals surface area contributed by atoms with E-state index in [9.17, 15) is 26.3 Å². The molecule has 0 saturated heterocycles. The monoisotopic (exact) mass is 1030 g/mol. The molecule has 2 aromatic heterocycles. The van der Waals surface area contributed by atoms with Crippen LogP contribution in [0.4, 0.5) is 26.3 Å². The SMILES string of the molecule is O=S(=O)([O-])C(F)(F)F.O=S(=O)([O-])C(F)(F)F.c1ccc([As+](c2ccccc2)(c2ccccc2)p2p3p([As+](c4ccccc4)(c4ccccc4)c4ccccc4)p23)cc1. The summed E-state index contributed by atoms with van der Waals surface area (Å²) < 4.78 is 128. The molecule has 0 N–H and O–H groups in total. The summed E-state index contributed by atoms with van der Waals surface area (Å²) in [7, 11) is -12.2. The molecule has 0 aliphatic rings. The van der Waals surface area contributed by atoms with Crippen molar-refractivity contribution < 1.29 is 52.3 Å². The molecular formula is C38H30As2F6O6P4S2. The van der Waals surface area contributed by atoms with Crippen LogP contribution < -0.4 is 26.1 Å². The van der Waals surface area contributed by atoms with Gasteiger partial charge in [0, 0.05) is 0 Å². The second-order valence-electron chi connectivity index (χ2n) is 12.2. The Morgan fingerprint density at radius 3 is 0.603 bits per heavy atom. The molecule has 0 unspecified atom stereocenters. The maximum atomic E-state index is 10.7. The number of benzene rings is 6. The first-order valence-corrected chi connectivity index (χ1v) is 39.0. The van der Waals surface area contributed by atoms with Crippen LogP contribution in [0.25, 0.3) is 0 Å². The molecule has 8 aromatic rings. The van der Waals surface area contributed by atoms with Crippen molar-refractivity contribution in [3.05, 3.63) is 182 Å². The van der Waals surface area contributed by atoms with E-state index in [0.29, 0.717) is 0 Å². The molecule has 0 spiro atoms. The molecule has 2 heterocycles.